The molecule has 0 fully saturated rings. The van der Waals surface area contributed by atoms with Crippen molar-refractivity contribution in [1.29, 1.82) is 0 Å². The molecule has 0 saturated heterocycles. The number of rotatable bonds is 3. The summed E-state index contributed by atoms with van der Waals surface area (Å²) in [5, 5.41) is 5.23. The van der Waals surface area contributed by atoms with Crippen LogP contribution >= 0.6 is 0 Å². The summed E-state index contributed by atoms with van der Waals surface area (Å²) >= 11 is 0. The lowest BCUT2D eigenvalue weighted by Gasteiger charge is -2.11. The smallest absolute Gasteiger partial charge is 0.261 e. The van der Waals surface area contributed by atoms with Gasteiger partial charge in [0.05, 0.1) is 36.4 Å². The third-order valence-corrected chi connectivity index (χ3v) is 5.99. The van der Waals surface area contributed by atoms with Gasteiger partial charge in [0.15, 0.2) is 17.1 Å². The van der Waals surface area contributed by atoms with Crippen molar-refractivity contribution in [2.45, 2.75) is 19.9 Å². The Morgan fingerprint density at radius 3 is 2.67 bits per heavy atom. The lowest BCUT2D eigenvalue weighted by Crippen LogP contribution is -2.21. The van der Waals surface area contributed by atoms with Crippen molar-refractivity contribution in [2.24, 2.45) is 0 Å². The van der Waals surface area contributed by atoms with Crippen molar-refractivity contribution in [3.8, 4) is 22.6 Å². The summed E-state index contributed by atoms with van der Waals surface area (Å²) in [7, 11) is 0. The third-order valence-electron chi connectivity index (χ3n) is 5.99. The molecule has 0 radical (unpaired) electrons. The summed E-state index contributed by atoms with van der Waals surface area (Å²) in [5.41, 5.74) is 5.25. The standard InChI is InChI=1S/C26H22N4O3/c1-17-24(19-6-3-2-4-7-19)25-27-15-20-21(30(25)28-17)10-11-29(26(20)31)16-18-8-9-22-23(14-18)33-13-5-12-32-22/h2-4,6-11,14-15H,5,12-13,16H2,1H3. The molecule has 7 nitrogen and oxygen atoms in total. The highest BCUT2D eigenvalue weighted by Crippen LogP contribution is 2.31. The minimum atomic E-state index is -0.108. The quantitative estimate of drug-likeness (QED) is 0.422. The van der Waals surface area contributed by atoms with Gasteiger partial charge in [0.25, 0.3) is 5.56 Å². The van der Waals surface area contributed by atoms with E-state index in [1.54, 1.807) is 15.3 Å². The van der Waals surface area contributed by atoms with Crippen molar-refractivity contribution in [3.63, 3.8) is 0 Å². The molecule has 0 bridgehead atoms. The van der Waals surface area contributed by atoms with E-state index < -0.39 is 0 Å². The first-order chi connectivity index (χ1) is 16.2. The SMILES string of the molecule is Cc1nn2c(ncc3c(=O)n(Cc4ccc5c(c4)OCCCO5)ccc32)c1-c1ccccc1. The summed E-state index contributed by atoms with van der Waals surface area (Å²) in [5.74, 6) is 1.47. The Hall–Kier alpha value is -4.13. The number of hydrogen-bond donors (Lipinski definition) is 0. The van der Waals surface area contributed by atoms with Gasteiger partial charge in [-0.2, -0.15) is 5.10 Å². The van der Waals surface area contributed by atoms with E-state index in [1.165, 1.54) is 0 Å². The summed E-state index contributed by atoms with van der Waals surface area (Å²) in [4.78, 5) is 17.9. The van der Waals surface area contributed by atoms with Gasteiger partial charge >= 0.3 is 0 Å². The van der Waals surface area contributed by atoms with Crippen LogP contribution in [0.3, 0.4) is 0 Å². The molecule has 6 rings (SSSR count). The van der Waals surface area contributed by atoms with E-state index in [4.69, 9.17) is 14.6 Å². The molecule has 0 amide bonds. The second-order valence-corrected chi connectivity index (χ2v) is 8.20. The normalized spacial score (nSPS) is 13.4. The molecule has 0 unspecified atom stereocenters. The van der Waals surface area contributed by atoms with Crippen LogP contribution in [0.5, 0.6) is 11.5 Å². The Labute approximate surface area is 189 Å². The molecule has 0 spiro atoms. The van der Waals surface area contributed by atoms with E-state index in [0.717, 1.165) is 51.5 Å². The summed E-state index contributed by atoms with van der Waals surface area (Å²) in [6.45, 7) is 3.67. The predicted molar refractivity (Wildman–Crippen MR) is 126 cm³/mol. The molecule has 164 valence electrons. The molecular formula is C26H22N4O3. The number of aryl methyl sites for hydroxylation is 1. The second-order valence-electron chi connectivity index (χ2n) is 8.20. The monoisotopic (exact) mass is 438 g/mol. The van der Waals surface area contributed by atoms with Gasteiger partial charge in [0.2, 0.25) is 0 Å². The molecule has 4 heterocycles. The lowest BCUT2D eigenvalue weighted by atomic mass is 10.1. The molecule has 5 aromatic rings. The highest BCUT2D eigenvalue weighted by molar-refractivity contribution is 5.86. The van der Waals surface area contributed by atoms with Crippen molar-refractivity contribution >= 4 is 16.6 Å². The average molecular weight is 438 g/mol. The molecule has 0 aliphatic carbocycles. The summed E-state index contributed by atoms with van der Waals surface area (Å²) < 4.78 is 15.0. The fourth-order valence-electron chi connectivity index (χ4n) is 4.39. The van der Waals surface area contributed by atoms with Gasteiger partial charge < -0.3 is 14.0 Å². The number of aromatic nitrogens is 4. The van der Waals surface area contributed by atoms with Gasteiger partial charge in [-0.1, -0.05) is 36.4 Å². The fourth-order valence-corrected chi connectivity index (χ4v) is 4.39. The first kappa shape index (κ1) is 19.5. The van der Waals surface area contributed by atoms with Crippen molar-refractivity contribution in [2.75, 3.05) is 13.2 Å². The van der Waals surface area contributed by atoms with Crippen LogP contribution in [0.4, 0.5) is 0 Å². The van der Waals surface area contributed by atoms with E-state index in [-0.39, 0.29) is 5.56 Å². The maximum Gasteiger partial charge on any atom is 0.261 e. The molecule has 33 heavy (non-hydrogen) atoms. The number of ether oxygens (including phenoxy) is 2. The Morgan fingerprint density at radius 1 is 1.00 bits per heavy atom. The number of hydrogen-bond acceptors (Lipinski definition) is 5. The number of pyridine rings is 1. The van der Waals surface area contributed by atoms with Gasteiger partial charge in [0.1, 0.15) is 0 Å². The number of benzene rings is 2. The fraction of sp³-hybridized carbons (Fsp3) is 0.192. The minimum Gasteiger partial charge on any atom is -0.490 e. The van der Waals surface area contributed by atoms with Gasteiger partial charge in [-0.3, -0.25) is 4.79 Å². The maximum atomic E-state index is 13.3. The first-order valence-corrected chi connectivity index (χ1v) is 11.0. The van der Waals surface area contributed by atoms with Crippen LogP contribution in [0.25, 0.3) is 27.7 Å². The van der Waals surface area contributed by atoms with Crippen LogP contribution in [0.15, 0.2) is 71.8 Å². The van der Waals surface area contributed by atoms with Crippen molar-refractivity contribution in [1.82, 2.24) is 19.2 Å². The highest BCUT2D eigenvalue weighted by Gasteiger charge is 2.17. The molecule has 0 N–H and O–H groups in total. The zero-order valence-corrected chi connectivity index (χ0v) is 18.2. The molecule has 1 aliphatic rings. The van der Waals surface area contributed by atoms with E-state index in [0.29, 0.717) is 25.1 Å². The van der Waals surface area contributed by atoms with Crippen LogP contribution in [-0.4, -0.2) is 32.4 Å². The van der Waals surface area contributed by atoms with Crippen molar-refractivity contribution in [3.05, 3.63) is 88.6 Å². The Kier molecular flexibility index (Phi) is 4.61. The van der Waals surface area contributed by atoms with Gasteiger partial charge in [-0.25, -0.2) is 9.50 Å². The molecule has 2 aromatic carbocycles. The molecule has 0 atom stereocenters. The Bertz CT molecular complexity index is 1550. The molecule has 1 aliphatic heterocycles. The largest absolute Gasteiger partial charge is 0.490 e. The van der Waals surface area contributed by atoms with E-state index >= 15 is 0 Å². The predicted octanol–water partition coefficient (Wildman–Crippen LogP) is 4.23. The van der Waals surface area contributed by atoms with Crippen LogP contribution in [-0.2, 0) is 6.54 Å². The van der Waals surface area contributed by atoms with Gasteiger partial charge in [0, 0.05) is 24.4 Å². The average Bonchev–Trinajstić information content (AvgIpc) is 3.01. The highest BCUT2D eigenvalue weighted by atomic mass is 16.5. The Balaban J connectivity index is 1.42. The topological polar surface area (TPSA) is 70.7 Å². The van der Waals surface area contributed by atoms with Gasteiger partial charge in [-0.05, 0) is 36.2 Å². The zero-order valence-electron chi connectivity index (χ0n) is 18.2. The molecule has 7 heteroatoms. The Morgan fingerprint density at radius 2 is 1.82 bits per heavy atom. The number of fused-ring (bicyclic) bond motifs is 4. The minimum absolute atomic E-state index is 0.108. The van der Waals surface area contributed by atoms with Crippen LogP contribution < -0.4 is 15.0 Å². The summed E-state index contributed by atoms with van der Waals surface area (Å²) in [6, 6.07) is 17.8. The zero-order chi connectivity index (χ0) is 22.4. The molecular weight excluding hydrogens is 416 g/mol. The number of nitrogens with zero attached hydrogens (tertiary/aromatic N) is 4. The van der Waals surface area contributed by atoms with Gasteiger partial charge in [-0.15, -0.1) is 0 Å². The van der Waals surface area contributed by atoms with Crippen molar-refractivity contribution < 1.29 is 9.47 Å². The maximum absolute atomic E-state index is 13.3. The summed E-state index contributed by atoms with van der Waals surface area (Å²) in [6.07, 6.45) is 4.33. The lowest BCUT2D eigenvalue weighted by molar-refractivity contribution is 0.297. The third kappa shape index (κ3) is 3.33. The van der Waals surface area contributed by atoms with Crippen LogP contribution in [0.2, 0.25) is 0 Å². The molecule has 3 aromatic heterocycles. The van der Waals surface area contributed by atoms with E-state index in [9.17, 15) is 4.79 Å². The molecule has 0 saturated carbocycles. The van der Waals surface area contributed by atoms with E-state index in [1.807, 2.05) is 67.7 Å². The second kappa shape index (κ2) is 7.78. The first-order valence-electron chi connectivity index (χ1n) is 11.0. The van der Waals surface area contributed by atoms with Crippen LogP contribution in [0, 0.1) is 6.92 Å². The van der Waals surface area contributed by atoms with E-state index in [2.05, 4.69) is 4.98 Å². The van der Waals surface area contributed by atoms with Crippen LogP contribution in [0.1, 0.15) is 17.7 Å².